The Morgan fingerprint density at radius 2 is 0.618 bits per heavy atom. The normalized spacial score (nSPS) is 12.6. The van der Waals surface area contributed by atoms with Gasteiger partial charge in [0.25, 0.3) is 0 Å². The second kappa shape index (κ2) is 58.9. The van der Waals surface area contributed by atoms with Crippen molar-refractivity contribution in [3.05, 3.63) is 60.8 Å². The molecule has 0 aromatic carbocycles. The van der Waals surface area contributed by atoms with Crippen LogP contribution in [0.25, 0.3) is 0 Å². The maximum absolute atomic E-state index is 12.9. The van der Waals surface area contributed by atoms with Gasteiger partial charge in [0.15, 0.2) is 6.10 Å². The molecule has 0 amide bonds. The lowest BCUT2D eigenvalue weighted by atomic mass is 10.1. The van der Waals surface area contributed by atoms with Crippen molar-refractivity contribution in [2.24, 2.45) is 0 Å². The van der Waals surface area contributed by atoms with Crippen LogP contribution in [-0.2, 0) is 23.8 Å². The van der Waals surface area contributed by atoms with Crippen molar-refractivity contribution >= 4 is 11.9 Å². The number of allylic oxidation sites excluding steroid dienone is 10. The van der Waals surface area contributed by atoms with Crippen LogP contribution in [0.3, 0.4) is 0 Å². The summed E-state index contributed by atoms with van der Waals surface area (Å²) in [5, 5.41) is 0. The van der Waals surface area contributed by atoms with Gasteiger partial charge in [-0.25, -0.2) is 0 Å². The van der Waals surface area contributed by atoms with Crippen LogP contribution >= 0.6 is 0 Å². The summed E-state index contributed by atoms with van der Waals surface area (Å²) < 4.78 is 17.5. The fraction of sp³-hybridized carbons (Fsp3) is 0.810. The second-order valence-electron chi connectivity index (χ2n) is 19.9. The number of hydrogen-bond donors (Lipinski definition) is 0. The molecular formula is C63H114O5. The van der Waals surface area contributed by atoms with E-state index >= 15 is 0 Å². The van der Waals surface area contributed by atoms with Crippen LogP contribution in [-0.4, -0.2) is 37.9 Å². The predicted octanol–water partition coefficient (Wildman–Crippen LogP) is 20.5. The highest BCUT2D eigenvalue weighted by atomic mass is 16.6. The number of carbonyl (C=O) groups excluding carboxylic acids is 2. The van der Waals surface area contributed by atoms with Crippen molar-refractivity contribution in [2.45, 2.75) is 309 Å². The molecule has 0 saturated carbocycles. The van der Waals surface area contributed by atoms with Crippen molar-refractivity contribution in [2.75, 3.05) is 19.8 Å². The SMILES string of the molecule is CCCCC/C=C\C/C=C\CCCCCCCCCCOCC(COC(=O)CCCCCCCCCCC/C=C\CCCCCCCC)OC(=O)CCCCCCC/C=C\C/C=C\CCCCC. The molecule has 0 aromatic rings. The third kappa shape index (κ3) is 56.2. The molecule has 0 heterocycles. The van der Waals surface area contributed by atoms with Gasteiger partial charge in [-0.3, -0.25) is 9.59 Å². The molecule has 0 fully saturated rings. The van der Waals surface area contributed by atoms with E-state index in [-0.39, 0.29) is 25.2 Å². The van der Waals surface area contributed by atoms with E-state index in [9.17, 15) is 9.59 Å². The van der Waals surface area contributed by atoms with Crippen LogP contribution in [0, 0.1) is 0 Å². The van der Waals surface area contributed by atoms with Crippen LogP contribution in [0.15, 0.2) is 60.8 Å². The molecule has 0 radical (unpaired) electrons. The molecule has 1 unspecified atom stereocenters. The molecule has 396 valence electrons. The van der Waals surface area contributed by atoms with Gasteiger partial charge in [0.05, 0.1) is 6.61 Å². The smallest absolute Gasteiger partial charge is 0.306 e. The first kappa shape index (κ1) is 65.6. The van der Waals surface area contributed by atoms with Crippen molar-refractivity contribution in [3.8, 4) is 0 Å². The number of carbonyl (C=O) groups is 2. The molecule has 0 N–H and O–H groups in total. The van der Waals surface area contributed by atoms with E-state index in [1.807, 2.05) is 0 Å². The minimum Gasteiger partial charge on any atom is -0.462 e. The Hall–Kier alpha value is -2.40. The predicted molar refractivity (Wildman–Crippen MR) is 298 cm³/mol. The third-order valence-corrected chi connectivity index (χ3v) is 13.0. The highest BCUT2D eigenvalue weighted by molar-refractivity contribution is 5.70. The average Bonchev–Trinajstić information content (AvgIpc) is 3.34. The lowest BCUT2D eigenvalue weighted by Crippen LogP contribution is -2.30. The molecular weight excluding hydrogens is 837 g/mol. The molecule has 0 aliphatic rings. The fourth-order valence-corrected chi connectivity index (χ4v) is 8.51. The lowest BCUT2D eigenvalue weighted by Gasteiger charge is -2.18. The van der Waals surface area contributed by atoms with Gasteiger partial charge >= 0.3 is 11.9 Å². The Bertz CT molecular complexity index is 1170. The van der Waals surface area contributed by atoms with Gasteiger partial charge in [0, 0.05) is 19.4 Å². The molecule has 0 bridgehead atoms. The van der Waals surface area contributed by atoms with Crippen LogP contribution in [0.2, 0.25) is 0 Å². The highest BCUT2D eigenvalue weighted by Crippen LogP contribution is 2.15. The van der Waals surface area contributed by atoms with Gasteiger partial charge in [0.2, 0.25) is 0 Å². The molecule has 68 heavy (non-hydrogen) atoms. The molecule has 5 heteroatoms. The number of ether oxygens (including phenoxy) is 3. The second-order valence-corrected chi connectivity index (χ2v) is 19.9. The largest absolute Gasteiger partial charge is 0.462 e. The lowest BCUT2D eigenvalue weighted by molar-refractivity contribution is -0.163. The van der Waals surface area contributed by atoms with E-state index in [1.165, 1.54) is 205 Å². The van der Waals surface area contributed by atoms with Crippen molar-refractivity contribution in [1.29, 1.82) is 0 Å². The topological polar surface area (TPSA) is 61.8 Å². The monoisotopic (exact) mass is 951 g/mol. The maximum Gasteiger partial charge on any atom is 0.306 e. The minimum atomic E-state index is -0.549. The summed E-state index contributed by atoms with van der Waals surface area (Å²) in [6.07, 6.45) is 75.3. The maximum atomic E-state index is 12.9. The number of esters is 2. The number of hydrogen-bond acceptors (Lipinski definition) is 5. The quantitative estimate of drug-likeness (QED) is 0.0345. The average molecular weight is 952 g/mol. The summed E-state index contributed by atoms with van der Waals surface area (Å²) in [5.74, 6) is -0.407. The Balaban J connectivity index is 4.28. The Morgan fingerprint density at radius 3 is 1.01 bits per heavy atom. The molecule has 0 spiro atoms. The summed E-state index contributed by atoms with van der Waals surface area (Å²) in [7, 11) is 0. The zero-order chi connectivity index (χ0) is 49.2. The molecule has 0 saturated heterocycles. The van der Waals surface area contributed by atoms with Gasteiger partial charge in [-0.2, -0.15) is 0 Å². The minimum absolute atomic E-state index is 0.0770. The molecule has 0 rings (SSSR count). The van der Waals surface area contributed by atoms with E-state index in [2.05, 4.69) is 81.5 Å². The standard InChI is InChI=1S/C63H114O5/c1-4-7-10-13-16-19-22-25-28-30-32-33-36-38-41-44-47-50-53-56-62(64)67-60-61(68-63(65)57-54-51-48-45-42-39-35-27-24-21-18-15-12-9-6-3)59-66-58-55-52-49-46-43-40-37-34-31-29-26-23-20-17-14-11-8-5-2/h17-18,20-21,25-29,35,61H,4-16,19,22-24,30-34,36-60H2,1-3H3/b20-17-,21-18-,28-25-,29-26-,35-27-. The van der Waals surface area contributed by atoms with Gasteiger partial charge < -0.3 is 14.2 Å². The Kier molecular flexibility index (Phi) is 56.8. The summed E-state index contributed by atoms with van der Waals surface area (Å²) >= 11 is 0. The first-order valence-electron chi connectivity index (χ1n) is 29.8. The summed E-state index contributed by atoms with van der Waals surface area (Å²) in [5.41, 5.74) is 0. The fourth-order valence-electron chi connectivity index (χ4n) is 8.51. The van der Waals surface area contributed by atoms with Crippen LogP contribution in [0.4, 0.5) is 0 Å². The molecule has 0 aliphatic carbocycles. The summed E-state index contributed by atoms with van der Waals surface area (Å²) in [4.78, 5) is 25.5. The van der Waals surface area contributed by atoms with Gasteiger partial charge in [-0.05, 0) is 109 Å². The first-order chi connectivity index (χ1) is 33.6. The van der Waals surface area contributed by atoms with Crippen molar-refractivity contribution in [3.63, 3.8) is 0 Å². The van der Waals surface area contributed by atoms with Gasteiger partial charge in [-0.15, -0.1) is 0 Å². The van der Waals surface area contributed by atoms with Gasteiger partial charge in [-0.1, -0.05) is 242 Å². The van der Waals surface area contributed by atoms with Gasteiger partial charge in [0.1, 0.15) is 6.61 Å². The van der Waals surface area contributed by atoms with E-state index in [0.29, 0.717) is 19.4 Å². The highest BCUT2D eigenvalue weighted by Gasteiger charge is 2.17. The van der Waals surface area contributed by atoms with Crippen LogP contribution in [0.5, 0.6) is 0 Å². The summed E-state index contributed by atoms with van der Waals surface area (Å²) in [6.45, 7) is 7.79. The molecule has 5 nitrogen and oxygen atoms in total. The van der Waals surface area contributed by atoms with E-state index < -0.39 is 6.10 Å². The zero-order valence-electron chi connectivity index (χ0n) is 45.6. The zero-order valence-corrected chi connectivity index (χ0v) is 45.6. The van der Waals surface area contributed by atoms with Crippen molar-refractivity contribution < 1.29 is 23.8 Å². The Labute approximate surface area is 424 Å². The van der Waals surface area contributed by atoms with E-state index in [1.54, 1.807) is 0 Å². The summed E-state index contributed by atoms with van der Waals surface area (Å²) in [6, 6.07) is 0. The first-order valence-corrected chi connectivity index (χ1v) is 29.8. The molecule has 1 atom stereocenters. The number of rotatable bonds is 55. The van der Waals surface area contributed by atoms with Crippen LogP contribution in [0.1, 0.15) is 303 Å². The molecule has 0 aliphatic heterocycles. The van der Waals surface area contributed by atoms with Crippen LogP contribution < -0.4 is 0 Å². The third-order valence-electron chi connectivity index (χ3n) is 13.0. The van der Waals surface area contributed by atoms with E-state index in [0.717, 1.165) is 64.2 Å². The Morgan fingerprint density at radius 1 is 0.324 bits per heavy atom. The molecule has 0 aromatic heterocycles. The van der Waals surface area contributed by atoms with E-state index in [4.69, 9.17) is 14.2 Å². The van der Waals surface area contributed by atoms with Crippen molar-refractivity contribution in [1.82, 2.24) is 0 Å². The number of unbranched alkanes of at least 4 members (excludes halogenated alkanes) is 34.